The van der Waals surface area contributed by atoms with E-state index in [0.717, 1.165) is 36.5 Å². The lowest BCUT2D eigenvalue weighted by Crippen LogP contribution is -2.53. The predicted molar refractivity (Wildman–Crippen MR) is 86.9 cm³/mol. The Kier molecular flexibility index (Phi) is 3.13. The Hall–Kier alpha value is -0.300. The average molecular weight is 288 g/mol. The van der Waals surface area contributed by atoms with E-state index in [1.54, 1.807) is 5.57 Å². The van der Waals surface area contributed by atoms with Gasteiger partial charge in [0.05, 0.1) is 6.10 Å². The Bertz CT molecular complexity index is 455. The summed E-state index contributed by atoms with van der Waals surface area (Å²) in [4.78, 5) is 0. The van der Waals surface area contributed by atoms with Crippen molar-refractivity contribution in [3.8, 4) is 0 Å². The third kappa shape index (κ3) is 1.85. The molecule has 0 amide bonds. The zero-order valence-electron chi connectivity index (χ0n) is 13.9. The van der Waals surface area contributed by atoms with Crippen molar-refractivity contribution in [1.29, 1.82) is 0 Å². The molecule has 0 aromatic rings. The van der Waals surface area contributed by atoms with Crippen LogP contribution < -0.4 is 0 Å². The van der Waals surface area contributed by atoms with Gasteiger partial charge in [0.1, 0.15) is 0 Å². The Morgan fingerprint density at radius 1 is 1.00 bits per heavy atom. The summed E-state index contributed by atoms with van der Waals surface area (Å²) in [6, 6.07) is 0. The SMILES string of the molecule is C=C1CCC2C3CC[C@H]4C[C@H](O)CCC4(C)C3CCC12C. The van der Waals surface area contributed by atoms with Gasteiger partial charge in [-0.2, -0.15) is 0 Å². The maximum atomic E-state index is 10.1. The van der Waals surface area contributed by atoms with Gasteiger partial charge >= 0.3 is 0 Å². The normalized spacial score (nSPS) is 56.5. The quantitative estimate of drug-likeness (QED) is 0.626. The molecular formula is C20H32O. The minimum Gasteiger partial charge on any atom is -0.393 e. The van der Waals surface area contributed by atoms with E-state index in [1.165, 1.54) is 44.9 Å². The molecule has 4 fully saturated rings. The largest absolute Gasteiger partial charge is 0.393 e. The Labute approximate surface area is 130 Å². The second-order valence-electron chi connectivity index (χ2n) is 9.18. The molecule has 0 bridgehead atoms. The van der Waals surface area contributed by atoms with Crippen LogP contribution in [0.4, 0.5) is 0 Å². The Balaban J connectivity index is 1.64. The molecule has 0 aliphatic heterocycles. The standard InChI is InChI=1S/C20H32O/c1-13-4-7-17-16-6-5-14-12-15(21)8-10-20(14,3)18(16)9-11-19(13,17)2/h14-18,21H,1,4-12H2,2-3H3/t14-,15+,16?,17?,18?,19?,20?/m0/s1. The van der Waals surface area contributed by atoms with E-state index < -0.39 is 0 Å². The fourth-order valence-corrected chi connectivity index (χ4v) is 7.14. The minimum atomic E-state index is -0.0141. The summed E-state index contributed by atoms with van der Waals surface area (Å²) in [6.45, 7) is 9.52. The van der Waals surface area contributed by atoms with Crippen molar-refractivity contribution in [2.75, 3.05) is 0 Å². The molecule has 5 unspecified atom stereocenters. The Morgan fingerprint density at radius 3 is 2.62 bits per heavy atom. The first-order chi connectivity index (χ1) is 9.95. The van der Waals surface area contributed by atoms with Gasteiger partial charge in [-0.1, -0.05) is 26.0 Å². The summed E-state index contributed by atoms with van der Waals surface area (Å²) in [5, 5.41) is 10.1. The van der Waals surface area contributed by atoms with Crippen molar-refractivity contribution in [1.82, 2.24) is 0 Å². The molecule has 0 aromatic carbocycles. The highest BCUT2D eigenvalue weighted by atomic mass is 16.3. The summed E-state index contributed by atoms with van der Waals surface area (Å²) in [5.74, 6) is 3.57. The molecule has 0 spiro atoms. The number of aliphatic hydroxyl groups is 1. The molecule has 4 aliphatic carbocycles. The molecule has 4 saturated carbocycles. The molecule has 7 atom stereocenters. The molecule has 118 valence electrons. The van der Waals surface area contributed by atoms with Gasteiger partial charge in [-0.3, -0.25) is 0 Å². The van der Waals surface area contributed by atoms with Crippen LogP contribution in [-0.2, 0) is 0 Å². The second kappa shape index (κ2) is 4.60. The summed E-state index contributed by atoms with van der Waals surface area (Å²) >= 11 is 0. The second-order valence-corrected chi connectivity index (χ2v) is 9.18. The van der Waals surface area contributed by atoms with Crippen molar-refractivity contribution in [2.24, 2.45) is 34.5 Å². The van der Waals surface area contributed by atoms with Gasteiger partial charge in [-0.25, -0.2) is 0 Å². The molecule has 4 aliphatic rings. The zero-order valence-corrected chi connectivity index (χ0v) is 13.9. The zero-order chi connectivity index (χ0) is 14.8. The number of allylic oxidation sites excluding steroid dienone is 1. The molecule has 0 aromatic heterocycles. The molecule has 21 heavy (non-hydrogen) atoms. The van der Waals surface area contributed by atoms with Crippen LogP contribution in [0.2, 0.25) is 0 Å². The van der Waals surface area contributed by atoms with E-state index in [-0.39, 0.29) is 6.10 Å². The highest BCUT2D eigenvalue weighted by Crippen LogP contribution is 2.67. The Morgan fingerprint density at radius 2 is 1.81 bits per heavy atom. The highest BCUT2D eigenvalue weighted by Gasteiger charge is 2.58. The van der Waals surface area contributed by atoms with Crippen LogP contribution in [0.15, 0.2) is 12.2 Å². The van der Waals surface area contributed by atoms with Crippen LogP contribution >= 0.6 is 0 Å². The number of aliphatic hydroxyl groups excluding tert-OH is 1. The lowest BCUT2D eigenvalue weighted by molar-refractivity contribution is -0.116. The van der Waals surface area contributed by atoms with Gasteiger partial charge in [-0.05, 0) is 92.3 Å². The van der Waals surface area contributed by atoms with Gasteiger partial charge in [0.25, 0.3) is 0 Å². The van der Waals surface area contributed by atoms with Gasteiger partial charge in [0, 0.05) is 0 Å². The van der Waals surface area contributed by atoms with Gasteiger partial charge in [0.15, 0.2) is 0 Å². The first kappa shape index (κ1) is 14.3. The molecule has 1 N–H and O–H groups in total. The summed E-state index contributed by atoms with van der Waals surface area (Å²) in [5.41, 5.74) is 2.53. The predicted octanol–water partition coefficient (Wildman–Crippen LogP) is 4.95. The van der Waals surface area contributed by atoms with Gasteiger partial charge in [0.2, 0.25) is 0 Å². The van der Waals surface area contributed by atoms with Crippen LogP contribution in [-0.4, -0.2) is 11.2 Å². The lowest BCUT2D eigenvalue weighted by Gasteiger charge is -2.60. The molecule has 1 heteroatoms. The van der Waals surface area contributed by atoms with Crippen LogP contribution in [0.25, 0.3) is 0 Å². The minimum absolute atomic E-state index is 0.0141. The van der Waals surface area contributed by atoms with Gasteiger partial charge in [-0.15, -0.1) is 0 Å². The first-order valence-electron chi connectivity index (χ1n) is 9.31. The maximum Gasteiger partial charge on any atom is 0.0543 e. The molecular weight excluding hydrogens is 256 g/mol. The number of hydrogen-bond acceptors (Lipinski definition) is 1. The molecule has 0 radical (unpaired) electrons. The van der Waals surface area contributed by atoms with Crippen molar-refractivity contribution in [3.63, 3.8) is 0 Å². The summed E-state index contributed by atoms with van der Waals surface area (Å²) in [7, 11) is 0. The van der Waals surface area contributed by atoms with Crippen molar-refractivity contribution in [3.05, 3.63) is 12.2 Å². The van der Waals surface area contributed by atoms with E-state index in [2.05, 4.69) is 20.4 Å². The molecule has 0 heterocycles. The molecule has 4 rings (SSSR count). The van der Waals surface area contributed by atoms with E-state index in [0.29, 0.717) is 10.8 Å². The fourth-order valence-electron chi connectivity index (χ4n) is 7.14. The summed E-state index contributed by atoms with van der Waals surface area (Å²) in [6.07, 6.45) is 11.6. The third-order valence-electron chi connectivity index (χ3n) is 8.59. The monoisotopic (exact) mass is 288 g/mol. The molecule has 0 saturated heterocycles. The topological polar surface area (TPSA) is 20.2 Å². The van der Waals surface area contributed by atoms with Crippen molar-refractivity contribution < 1.29 is 5.11 Å². The van der Waals surface area contributed by atoms with E-state index in [9.17, 15) is 5.11 Å². The highest BCUT2D eigenvalue weighted by molar-refractivity contribution is 5.21. The van der Waals surface area contributed by atoms with E-state index in [1.807, 2.05) is 0 Å². The van der Waals surface area contributed by atoms with Crippen LogP contribution in [0.3, 0.4) is 0 Å². The van der Waals surface area contributed by atoms with Crippen LogP contribution in [0, 0.1) is 34.5 Å². The van der Waals surface area contributed by atoms with E-state index in [4.69, 9.17) is 0 Å². The van der Waals surface area contributed by atoms with Crippen molar-refractivity contribution in [2.45, 2.75) is 77.7 Å². The molecule has 1 nitrogen and oxygen atoms in total. The number of rotatable bonds is 0. The maximum absolute atomic E-state index is 10.1. The lowest BCUT2D eigenvalue weighted by atomic mass is 9.45. The number of fused-ring (bicyclic) bond motifs is 5. The third-order valence-corrected chi connectivity index (χ3v) is 8.59. The fraction of sp³-hybridized carbons (Fsp3) is 0.900. The smallest absolute Gasteiger partial charge is 0.0543 e. The number of hydrogen-bond donors (Lipinski definition) is 1. The van der Waals surface area contributed by atoms with Gasteiger partial charge < -0.3 is 5.11 Å². The van der Waals surface area contributed by atoms with Crippen LogP contribution in [0.5, 0.6) is 0 Å². The average Bonchev–Trinajstić information content (AvgIpc) is 2.76. The first-order valence-corrected chi connectivity index (χ1v) is 9.31. The van der Waals surface area contributed by atoms with Crippen molar-refractivity contribution >= 4 is 0 Å². The summed E-state index contributed by atoms with van der Waals surface area (Å²) < 4.78 is 0. The van der Waals surface area contributed by atoms with Crippen LogP contribution in [0.1, 0.15) is 71.6 Å². The van der Waals surface area contributed by atoms with E-state index >= 15 is 0 Å².